The van der Waals surface area contributed by atoms with Gasteiger partial charge >= 0.3 is 0 Å². The summed E-state index contributed by atoms with van der Waals surface area (Å²) >= 11 is 16.9. The second kappa shape index (κ2) is 9.91. The Morgan fingerprint density at radius 2 is 1.41 bits per heavy atom. The minimum absolute atomic E-state index is 0.0176. The molecule has 6 rings (SSSR count). The summed E-state index contributed by atoms with van der Waals surface area (Å²) < 4.78 is 8.04. The molecule has 192 valence electrons. The topological polar surface area (TPSA) is 49.9 Å². The highest BCUT2D eigenvalue weighted by atomic mass is 32.2. The van der Waals surface area contributed by atoms with Crippen molar-refractivity contribution in [2.45, 2.75) is 51.6 Å². The number of amides is 2. The first-order valence-corrected chi connectivity index (χ1v) is 16.4. The highest BCUT2D eigenvalue weighted by molar-refractivity contribution is 8.27. The second-order valence-electron chi connectivity index (χ2n) is 9.24. The van der Waals surface area contributed by atoms with E-state index in [0.29, 0.717) is 31.5 Å². The fourth-order valence-corrected chi connectivity index (χ4v) is 10.5. The molecular formula is C26H24N2O3S6. The van der Waals surface area contributed by atoms with Crippen LogP contribution in [-0.4, -0.2) is 43.3 Å². The van der Waals surface area contributed by atoms with Gasteiger partial charge in [0, 0.05) is 28.4 Å². The van der Waals surface area contributed by atoms with Crippen LogP contribution in [0.4, 0.5) is 0 Å². The van der Waals surface area contributed by atoms with Gasteiger partial charge in [0.25, 0.3) is 11.8 Å². The van der Waals surface area contributed by atoms with Crippen molar-refractivity contribution in [2.75, 3.05) is 13.1 Å². The standard InChI is InChI=1S/C26H24N2O3S6/c1-3-27-22(29)18(36-24(27)32)12-14-10-16-20(34-14)21-17(31-26(16)8-6-5-7-9-26)11-15(35-21)13-19-23(30)28(4-2)25(33)37-19/h10-13H,3-9H2,1-2H3/b18-12-,19-13-. The molecule has 2 saturated heterocycles. The van der Waals surface area contributed by atoms with Crippen LogP contribution in [0.2, 0.25) is 0 Å². The molecule has 3 aliphatic heterocycles. The van der Waals surface area contributed by atoms with E-state index in [4.69, 9.17) is 29.2 Å². The SMILES string of the molecule is CCN1C(=O)/C(=C/c2cc3c(s2)-c2sc(/C=C4\SC(=S)N(CC)C4=O)cc2C2(CCCCC2)O3)SC1=S. The molecule has 5 nitrogen and oxygen atoms in total. The van der Waals surface area contributed by atoms with Gasteiger partial charge in [-0.3, -0.25) is 19.4 Å². The second-order valence-corrected chi connectivity index (χ2v) is 14.8. The first-order chi connectivity index (χ1) is 17.8. The van der Waals surface area contributed by atoms with Gasteiger partial charge in [0.15, 0.2) is 0 Å². The lowest BCUT2D eigenvalue weighted by atomic mass is 9.78. The maximum absolute atomic E-state index is 12.8. The van der Waals surface area contributed by atoms with E-state index < -0.39 is 0 Å². The third-order valence-electron chi connectivity index (χ3n) is 7.06. The molecule has 1 aliphatic carbocycles. The van der Waals surface area contributed by atoms with Gasteiger partial charge in [0.2, 0.25) is 0 Å². The summed E-state index contributed by atoms with van der Waals surface area (Å²) in [7, 11) is 0. The Morgan fingerprint density at radius 1 is 0.865 bits per heavy atom. The Morgan fingerprint density at radius 3 is 1.95 bits per heavy atom. The molecule has 37 heavy (non-hydrogen) atoms. The number of hydrogen-bond acceptors (Lipinski definition) is 9. The lowest BCUT2D eigenvalue weighted by Gasteiger charge is -2.40. The molecule has 1 spiro atoms. The molecule has 11 heteroatoms. The molecule has 2 amide bonds. The van der Waals surface area contributed by atoms with Crippen LogP contribution in [0.1, 0.15) is 61.3 Å². The van der Waals surface area contributed by atoms with Gasteiger partial charge in [0.1, 0.15) is 20.0 Å². The quantitative estimate of drug-likeness (QED) is 0.265. The van der Waals surface area contributed by atoms with Gasteiger partial charge in [-0.15, -0.1) is 22.7 Å². The number of nitrogens with zero attached hydrogens (tertiary/aromatic N) is 2. The average molecular weight is 605 g/mol. The van der Waals surface area contributed by atoms with Gasteiger partial charge in [0.05, 0.1) is 19.6 Å². The van der Waals surface area contributed by atoms with Crippen LogP contribution in [0.3, 0.4) is 0 Å². The van der Waals surface area contributed by atoms with Crippen LogP contribution in [0.15, 0.2) is 21.9 Å². The molecule has 3 fully saturated rings. The zero-order valence-corrected chi connectivity index (χ0v) is 25.2. The summed E-state index contributed by atoms with van der Waals surface area (Å²) in [5.74, 6) is 0.843. The molecule has 2 aromatic heterocycles. The van der Waals surface area contributed by atoms with Crippen LogP contribution in [0.25, 0.3) is 21.9 Å². The fourth-order valence-electron chi connectivity index (χ4n) is 5.25. The number of thioether (sulfide) groups is 2. The molecule has 2 aromatic rings. The number of likely N-dealkylation sites (N-methyl/N-ethyl adjacent to an activating group) is 2. The number of ether oxygens (including phenoxy) is 1. The van der Waals surface area contributed by atoms with E-state index in [1.807, 2.05) is 26.0 Å². The fraction of sp³-hybridized carbons (Fsp3) is 0.385. The predicted molar refractivity (Wildman–Crippen MR) is 164 cm³/mol. The van der Waals surface area contributed by atoms with Crippen LogP contribution >= 0.6 is 70.6 Å². The zero-order chi connectivity index (χ0) is 25.9. The van der Waals surface area contributed by atoms with Crippen molar-refractivity contribution in [2.24, 2.45) is 0 Å². The molecule has 5 heterocycles. The third-order valence-corrected chi connectivity index (χ3v) is 12.1. The lowest BCUT2D eigenvalue weighted by molar-refractivity contribution is -0.122. The summed E-state index contributed by atoms with van der Waals surface area (Å²) in [5, 5.41) is 0. The van der Waals surface area contributed by atoms with Gasteiger partial charge in [-0.1, -0.05) is 54.4 Å². The zero-order valence-electron chi connectivity index (χ0n) is 20.3. The summed E-state index contributed by atoms with van der Waals surface area (Å²) in [5.41, 5.74) is 0.891. The summed E-state index contributed by atoms with van der Waals surface area (Å²) in [6, 6.07) is 4.29. The highest BCUT2D eigenvalue weighted by Crippen LogP contribution is 2.57. The van der Waals surface area contributed by atoms with E-state index >= 15 is 0 Å². The van der Waals surface area contributed by atoms with E-state index in [1.54, 1.807) is 32.5 Å². The number of thiophene rings is 2. The first-order valence-electron chi connectivity index (χ1n) is 12.3. The van der Waals surface area contributed by atoms with Crippen LogP contribution in [0.5, 0.6) is 5.75 Å². The van der Waals surface area contributed by atoms with Crippen LogP contribution in [0, 0.1) is 0 Å². The van der Waals surface area contributed by atoms with Crippen LogP contribution in [-0.2, 0) is 15.2 Å². The summed E-state index contributed by atoms with van der Waals surface area (Å²) in [6.07, 6.45) is 9.37. The van der Waals surface area contributed by atoms with E-state index in [2.05, 4.69) is 12.1 Å². The normalized spacial score (nSPS) is 23.0. The van der Waals surface area contributed by atoms with Gasteiger partial charge < -0.3 is 4.74 Å². The minimum atomic E-state index is -0.338. The van der Waals surface area contributed by atoms with Gasteiger partial charge in [-0.25, -0.2) is 0 Å². The van der Waals surface area contributed by atoms with Crippen molar-refractivity contribution < 1.29 is 14.3 Å². The van der Waals surface area contributed by atoms with Gasteiger partial charge in [-0.05, 0) is 63.8 Å². The van der Waals surface area contributed by atoms with Gasteiger partial charge in [-0.2, -0.15) is 0 Å². The maximum atomic E-state index is 12.8. The molecule has 1 saturated carbocycles. The Labute approximate surface area is 243 Å². The third kappa shape index (κ3) is 4.35. The number of fused-ring (bicyclic) bond motifs is 4. The summed E-state index contributed by atoms with van der Waals surface area (Å²) in [6.45, 7) is 5.04. The monoisotopic (exact) mass is 604 g/mol. The largest absolute Gasteiger partial charge is 0.481 e. The average Bonchev–Trinajstić information content (AvgIpc) is 3.60. The smallest absolute Gasteiger partial charge is 0.266 e. The molecule has 0 bridgehead atoms. The number of carbonyl (C=O) groups is 2. The molecule has 0 unspecified atom stereocenters. The number of rotatable bonds is 4. The number of thiocarbonyl (C=S) groups is 2. The Bertz CT molecular complexity index is 1410. The molecule has 0 aromatic carbocycles. The van der Waals surface area contributed by atoms with Crippen molar-refractivity contribution in [3.8, 4) is 15.5 Å². The van der Waals surface area contributed by atoms with E-state index in [9.17, 15) is 9.59 Å². The maximum Gasteiger partial charge on any atom is 0.266 e. The predicted octanol–water partition coefficient (Wildman–Crippen LogP) is 7.47. The Hall–Kier alpha value is -1.50. The number of carbonyl (C=O) groups excluding carboxylic acids is 2. The van der Waals surface area contributed by atoms with Crippen molar-refractivity contribution in [1.29, 1.82) is 0 Å². The number of hydrogen-bond donors (Lipinski definition) is 0. The molecular weight excluding hydrogens is 581 g/mol. The molecule has 0 N–H and O–H groups in total. The van der Waals surface area contributed by atoms with Crippen molar-refractivity contribution in [3.63, 3.8) is 0 Å². The minimum Gasteiger partial charge on any atom is -0.481 e. The van der Waals surface area contributed by atoms with Crippen molar-refractivity contribution in [1.82, 2.24) is 9.80 Å². The highest BCUT2D eigenvalue weighted by Gasteiger charge is 2.44. The Balaban J connectivity index is 1.41. The van der Waals surface area contributed by atoms with E-state index in [-0.39, 0.29) is 17.4 Å². The molecule has 0 atom stereocenters. The van der Waals surface area contributed by atoms with E-state index in [1.165, 1.54) is 40.4 Å². The van der Waals surface area contributed by atoms with E-state index in [0.717, 1.165) is 46.1 Å². The first kappa shape index (κ1) is 25.8. The Kier molecular flexibility index (Phi) is 6.90. The van der Waals surface area contributed by atoms with Crippen molar-refractivity contribution >= 4 is 103 Å². The molecule has 0 radical (unpaired) electrons. The lowest BCUT2D eigenvalue weighted by Crippen LogP contribution is -2.37. The molecule has 4 aliphatic rings. The van der Waals surface area contributed by atoms with Crippen LogP contribution < -0.4 is 4.74 Å². The van der Waals surface area contributed by atoms with Crippen molar-refractivity contribution in [3.05, 3.63) is 37.3 Å². The summed E-state index contributed by atoms with van der Waals surface area (Å²) in [4.78, 5) is 34.6.